The van der Waals surface area contributed by atoms with Crippen LogP contribution >= 0.6 is 0 Å². The molecule has 0 bridgehead atoms. The van der Waals surface area contributed by atoms with Gasteiger partial charge in [0.05, 0.1) is 0 Å². The summed E-state index contributed by atoms with van der Waals surface area (Å²) in [5.41, 5.74) is 5.58. The lowest BCUT2D eigenvalue weighted by molar-refractivity contribution is 0.402. The van der Waals surface area contributed by atoms with Crippen molar-refractivity contribution in [3.05, 3.63) is 65.2 Å². The Morgan fingerprint density at radius 3 is 2.35 bits per heavy atom. The van der Waals surface area contributed by atoms with Crippen molar-refractivity contribution in [2.24, 2.45) is 0 Å². The smallest absolute Gasteiger partial charge is 0.0345 e. The summed E-state index contributed by atoms with van der Waals surface area (Å²) in [7, 11) is 4.21. The number of hydrogen-bond donors (Lipinski definition) is 1. The van der Waals surface area contributed by atoms with Crippen molar-refractivity contribution < 1.29 is 0 Å². The predicted octanol–water partition coefficient (Wildman–Crippen LogP) is 3.33. The molecular formula is C18H22N2. The number of rotatable bonds is 4. The van der Waals surface area contributed by atoms with E-state index in [0.29, 0.717) is 6.04 Å². The predicted molar refractivity (Wildman–Crippen MR) is 85.1 cm³/mol. The standard InChI is InChI=1S/C18H22N2/c1-20(2)13-14-6-5-9-17(10-14)19-18-11-15-7-3-4-8-16(15)12-18/h3-10,18-19H,11-13H2,1-2H3. The fraction of sp³-hybridized carbons (Fsp3) is 0.333. The molecule has 0 unspecified atom stereocenters. The maximum Gasteiger partial charge on any atom is 0.0345 e. The van der Waals surface area contributed by atoms with Gasteiger partial charge in [0.25, 0.3) is 0 Å². The third-order valence-corrected chi connectivity index (χ3v) is 3.85. The molecule has 2 heteroatoms. The minimum atomic E-state index is 0.530. The van der Waals surface area contributed by atoms with E-state index in [1.807, 2.05) is 0 Å². The van der Waals surface area contributed by atoms with Crippen LogP contribution < -0.4 is 5.32 Å². The monoisotopic (exact) mass is 266 g/mol. The van der Waals surface area contributed by atoms with Gasteiger partial charge in [-0.3, -0.25) is 0 Å². The molecule has 0 saturated heterocycles. The molecule has 0 spiro atoms. The number of benzene rings is 2. The summed E-state index contributed by atoms with van der Waals surface area (Å²) in [5.74, 6) is 0. The van der Waals surface area contributed by atoms with Crippen LogP contribution in [0.25, 0.3) is 0 Å². The molecule has 1 aliphatic rings. The number of fused-ring (bicyclic) bond motifs is 1. The van der Waals surface area contributed by atoms with E-state index in [2.05, 4.69) is 72.8 Å². The number of hydrogen-bond acceptors (Lipinski definition) is 2. The number of nitrogens with zero attached hydrogens (tertiary/aromatic N) is 1. The Hall–Kier alpha value is -1.80. The average molecular weight is 266 g/mol. The summed E-state index contributed by atoms with van der Waals surface area (Å²) < 4.78 is 0. The molecule has 0 aliphatic heterocycles. The Kier molecular flexibility index (Phi) is 3.75. The van der Waals surface area contributed by atoms with Crippen molar-refractivity contribution >= 4 is 5.69 Å². The molecule has 3 rings (SSSR count). The van der Waals surface area contributed by atoms with E-state index in [4.69, 9.17) is 0 Å². The summed E-state index contributed by atoms with van der Waals surface area (Å²) in [6, 6.07) is 18.1. The Balaban J connectivity index is 1.68. The second-order valence-electron chi connectivity index (χ2n) is 5.96. The first-order chi connectivity index (χ1) is 9.70. The summed E-state index contributed by atoms with van der Waals surface area (Å²) in [6.45, 7) is 0.987. The quantitative estimate of drug-likeness (QED) is 0.913. The topological polar surface area (TPSA) is 15.3 Å². The summed E-state index contributed by atoms with van der Waals surface area (Å²) in [5, 5.41) is 3.68. The van der Waals surface area contributed by atoms with Crippen molar-refractivity contribution in [3.63, 3.8) is 0 Å². The van der Waals surface area contributed by atoms with Crippen molar-refractivity contribution in [1.29, 1.82) is 0 Å². The van der Waals surface area contributed by atoms with E-state index in [1.165, 1.54) is 22.4 Å². The molecule has 0 atom stereocenters. The Morgan fingerprint density at radius 2 is 1.70 bits per heavy atom. The van der Waals surface area contributed by atoms with E-state index in [9.17, 15) is 0 Å². The Labute approximate surface area is 121 Å². The first-order valence-electron chi connectivity index (χ1n) is 7.28. The summed E-state index contributed by atoms with van der Waals surface area (Å²) in [4.78, 5) is 2.20. The molecule has 2 aromatic carbocycles. The van der Waals surface area contributed by atoms with E-state index in [1.54, 1.807) is 0 Å². The van der Waals surface area contributed by atoms with Crippen molar-refractivity contribution in [3.8, 4) is 0 Å². The van der Waals surface area contributed by atoms with Gasteiger partial charge in [0.15, 0.2) is 0 Å². The Bertz CT molecular complexity index is 564. The zero-order valence-electron chi connectivity index (χ0n) is 12.3. The molecule has 0 aromatic heterocycles. The van der Waals surface area contributed by atoms with E-state index in [0.717, 1.165) is 19.4 Å². The van der Waals surface area contributed by atoms with Gasteiger partial charge in [0.2, 0.25) is 0 Å². The lowest BCUT2D eigenvalue weighted by Gasteiger charge is -2.16. The highest BCUT2D eigenvalue weighted by atomic mass is 15.0. The maximum absolute atomic E-state index is 3.68. The molecule has 1 aliphatic carbocycles. The van der Waals surface area contributed by atoms with Crippen LogP contribution in [0.5, 0.6) is 0 Å². The van der Waals surface area contributed by atoms with Crippen LogP contribution in [0.4, 0.5) is 5.69 Å². The van der Waals surface area contributed by atoms with Gasteiger partial charge in [-0.1, -0.05) is 36.4 Å². The molecule has 2 nitrogen and oxygen atoms in total. The molecule has 0 saturated carbocycles. The van der Waals surface area contributed by atoms with Crippen LogP contribution in [-0.4, -0.2) is 25.0 Å². The molecule has 0 heterocycles. The lowest BCUT2D eigenvalue weighted by atomic mass is 10.1. The van der Waals surface area contributed by atoms with Crippen LogP contribution in [0.3, 0.4) is 0 Å². The van der Waals surface area contributed by atoms with Gasteiger partial charge >= 0.3 is 0 Å². The third-order valence-electron chi connectivity index (χ3n) is 3.85. The highest BCUT2D eigenvalue weighted by Crippen LogP contribution is 2.24. The molecule has 0 radical (unpaired) electrons. The molecule has 1 N–H and O–H groups in total. The van der Waals surface area contributed by atoms with Gasteiger partial charge < -0.3 is 10.2 Å². The number of anilines is 1. The largest absolute Gasteiger partial charge is 0.382 e. The minimum absolute atomic E-state index is 0.530. The fourth-order valence-corrected chi connectivity index (χ4v) is 3.02. The molecule has 104 valence electrons. The first-order valence-corrected chi connectivity index (χ1v) is 7.28. The Morgan fingerprint density at radius 1 is 1.00 bits per heavy atom. The number of nitrogens with one attached hydrogen (secondary N) is 1. The summed E-state index contributed by atoms with van der Waals surface area (Å²) >= 11 is 0. The lowest BCUT2D eigenvalue weighted by Crippen LogP contribution is -2.19. The molecule has 0 amide bonds. The highest BCUT2D eigenvalue weighted by Gasteiger charge is 2.20. The molecule has 2 aromatic rings. The van der Waals surface area contributed by atoms with Crippen LogP contribution in [0.1, 0.15) is 16.7 Å². The zero-order valence-corrected chi connectivity index (χ0v) is 12.3. The normalized spacial score (nSPS) is 14.6. The van der Waals surface area contributed by atoms with Gasteiger partial charge in [-0.25, -0.2) is 0 Å². The van der Waals surface area contributed by atoms with Crippen molar-refractivity contribution in [2.45, 2.75) is 25.4 Å². The SMILES string of the molecule is CN(C)Cc1cccc(NC2Cc3ccccc3C2)c1. The third kappa shape index (κ3) is 3.02. The minimum Gasteiger partial charge on any atom is -0.382 e. The van der Waals surface area contributed by atoms with Crippen LogP contribution in [0.15, 0.2) is 48.5 Å². The van der Waals surface area contributed by atoms with Crippen molar-refractivity contribution in [1.82, 2.24) is 4.90 Å². The van der Waals surface area contributed by atoms with Gasteiger partial charge in [-0.2, -0.15) is 0 Å². The first kappa shape index (κ1) is 13.2. The van der Waals surface area contributed by atoms with Gasteiger partial charge in [0, 0.05) is 18.3 Å². The van der Waals surface area contributed by atoms with E-state index < -0.39 is 0 Å². The van der Waals surface area contributed by atoms with Crippen LogP contribution in [0, 0.1) is 0 Å². The second kappa shape index (κ2) is 5.68. The average Bonchev–Trinajstić information content (AvgIpc) is 2.80. The summed E-state index contributed by atoms with van der Waals surface area (Å²) in [6.07, 6.45) is 2.27. The van der Waals surface area contributed by atoms with Gasteiger partial charge in [-0.05, 0) is 55.8 Å². The molecule has 0 fully saturated rings. The van der Waals surface area contributed by atoms with Gasteiger partial charge in [0.1, 0.15) is 0 Å². The highest BCUT2D eigenvalue weighted by molar-refractivity contribution is 5.48. The molecule has 20 heavy (non-hydrogen) atoms. The second-order valence-corrected chi connectivity index (χ2v) is 5.96. The fourth-order valence-electron chi connectivity index (χ4n) is 3.02. The van der Waals surface area contributed by atoms with Crippen molar-refractivity contribution in [2.75, 3.05) is 19.4 Å². The maximum atomic E-state index is 3.68. The van der Waals surface area contributed by atoms with Crippen LogP contribution in [0.2, 0.25) is 0 Å². The van der Waals surface area contributed by atoms with Crippen LogP contribution in [-0.2, 0) is 19.4 Å². The van der Waals surface area contributed by atoms with Gasteiger partial charge in [-0.15, -0.1) is 0 Å². The zero-order chi connectivity index (χ0) is 13.9. The van der Waals surface area contributed by atoms with E-state index in [-0.39, 0.29) is 0 Å². The van der Waals surface area contributed by atoms with E-state index >= 15 is 0 Å². The molecular weight excluding hydrogens is 244 g/mol.